The third-order valence-corrected chi connectivity index (χ3v) is 8.40. The lowest BCUT2D eigenvalue weighted by atomic mass is 9.94. The van der Waals surface area contributed by atoms with E-state index < -0.39 is 12.0 Å². The van der Waals surface area contributed by atoms with Gasteiger partial charge in [0.15, 0.2) is 5.78 Å². The van der Waals surface area contributed by atoms with Crippen molar-refractivity contribution >= 4 is 34.7 Å². The third kappa shape index (κ3) is 6.72. The number of Topliss-reactive ketones (excluding diaryl/α,β-unsaturated/α-hetero) is 1. The molecule has 0 saturated heterocycles. The van der Waals surface area contributed by atoms with Gasteiger partial charge >= 0.3 is 5.97 Å². The van der Waals surface area contributed by atoms with Gasteiger partial charge in [-0.15, -0.1) is 11.3 Å². The average molecular weight is 606 g/mol. The van der Waals surface area contributed by atoms with Crippen LogP contribution in [0.15, 0.2) is 58.7 Å². The van der Waals surface area contributed by atoms with E-state index in [1.807, 2.05) is 63.4 Å². The predicted octanol–water partition coefficient (Wildman–Crippen LogP) is 6.98. The highest BCUT2D eigenvalue weighted by Gasteiger charge is 2.26. The van der Waals surface area contributed by atoms with Gasteiger partial charge in [0, 0.05) is 33.6 Å². The Morgan fingerprint density at radius 3 is 2.29 bits per heavy atom. The summed E-state index contributed by atoms with van der Waals surface area (Å²) in [5.74, 6) is -1.26. The normalized spacial score (nSPS) is 12.1. The van der Waals surface area contributed by atoms with Crippen LogP contribution in [0.2, 0.25) is 5.02 Å². The zero-order chi connectivity index (χ0) is 30.6. The van der Waals surface area contributed by atoms with Gasteiger partial charge in [-0.25, -0.2) is 4.98 Å². The second kappa shape index (κ2) is 13.6. The molecule has 3 N–H and O–H groups in total. The monoisotopic (exact) mass is 605 g/mol. The number of nitrogens with zero attached hydrogens (tertiary/aromatic N) is 2. The van der Waals surface area contributed by atoms with Gasteiger partial charge in [0.25, 0.3) is 5.56 Å². The van der Waals surface area contributed by atoms with E-state index in [0.717, 1.165) is 22.4 Å². The molecule has 4 rings (SSSR count). The molecule has 0 amide bonds. The molecule has 0 aliphatic heterocycles. The summed E-state index contributed by atoms with van der Waals surface area (Å²) >= 11 is 7.41. The minimum atomic E-state index is -1.15. The standard InChI is InChI=1S/C33H36ClN3O4S/c1-5-20-8-7-9-21(6-2)30(20)37-28(16-19(3)4)24(29(38)15-14-26(35)33(40)41)17-25(32(37)39)31-36-27(18-42-31)22-10-12-23(34)13-11-22/h7-13,17-19,26H,5-6,14-16,35H2,1-4H3,(H,40,41)/t26-/m0/s1. The number of carboxylic acids is 1. The Kier molecular flexibility index (Phi) is 10.1. The first-order valence-electron chi connectivity index (χ1n) is 14.2. The van der Waals surface area contributed by atoms with Gasteiger partial charge in [0.2, 0.25) is 0 Å². The van der Waals surface area contributed by atoms with E-state index in [0.29, 0.717) is 51.8 Å². The predicted molar refractivity (Wildman–Crippen MR) is 170 cm³/mol. The molecule has 0 aliphatic carbocycles. The largest absolute Gasteiger partial charge is 0.480 e. The highest BCUT2D eigenvalue weighted by Crippen LogP contribution is 2.32. The summed E-state index contributed by atoms with van der Waals surface area (Å²) in [6.07, 6.45) is 1.83. The first-order chi connectivity index (χ1) is 20.0. The Bertz CT molecular complexity index is 1630. The lowest BCUT2D eigenvalue weighted by molar-refractivity contribution is -0.138. The van der Waals surface area contributed by atoms with E-state index in [1.165, 1.54) is 11.3 Å². The first kappa shape index (κ1) is 31.3. The Morgan fingerprint density at radius 2 is 1.71 bits per heavy atom. The van der Waals surface area contributed by atoms with Gasteiger partial charge in [0.05, 0.1) is 16.9 Å². The van der Waals surface area contributed by atoms with Crippen LogP contribution in [0.1, 0.15) is 67.7 Å². The number of benzene rings is 2. The highest BCUT2D eigenvalue weighted by molar-refractivity contribution is 7.13. The van der Waals surface area contributed by atoms with E-state index in [4.69, 9.17) is 22.3 Å². The average Bonchev–Trinajstić information content (AvgIpc) is 3.45. The van der Waals surface area contributed by atoms with Crippen molar-refractivity contribution in [2.24, 2.45) is 11.7 Å². The van der Waals surface area contributed by atoms with Crippen LogP contribution in [0, 0.1) is 5.92 Å². The second-order valence-electron chi connectivity index (χ2n) is 10.7. The zero-order valence-corrected chi connectivity index (χ0v) is 25.9. The van der Waals surface area contributed by atoms with Crippen LogP contribution in [0.5, 0.6) is 0 Å². The number of ketones is 1. The molecule has 1 atom stereocenters. The molecule has 0 saturated carbocycles. The number of aliphatic carboxylic acids is 1. The van der Waals surface area contributed by atoms with Crippen LogP contribution in [0.3, 0.4) is 0 Å². The van der Waals surface area contributed by atoms with Crippen molar-refractivity contribution in [3.8, 4) is 27.5 Å². The molecule has 220 valence electrons. The summed E-state index contributed by atoms with van der Waals surface area (Å²) in [5, 5.41) is 12.3. The number of thiazole rings is 1. The number of hydrogen-bond donors (Lipinski definition) is 2. The number of rotatable bonds is 12. The molecular formula is C33H36ClN3O4S. The molecule has 0 fully saturated rings. The molecule has 0 radical (unpaired) electrons. The molecular weight excluding hydrogens is 570 g/mol. The lowest BCUT2D eigenvalue weighted by Crippen LogP contribution is -2.31. The summed E-state index contributed by atoms with van der Waals surface area (Å²) in [5.41, 5.74) is 11.2. The van der Waals surface area contributed by atoms with Crippen molar-refractivity contribution in [2.45, 2.75) is 65.8 Å². The molecule has 0 unspecified atom stereocenters. The molecule has 0 spiro atoms. The minimum Gasteiger partial charge on any atom is -0.480 e. The summed E-state index contributed by atoms with van der Waals surface area (Å²) in [6.45, 7) is 8.19. The number of nitrogens with two attached hydrogens (primary N) is 1. The fraction of sp³-hybridized carbons (Fsp3) is 0.333. The second-order valence-corrected chi connectivity index (χ2v) is 12.0. The number of carbonyl (C=O) groups is 2. The summed E-state index contributed by atoms with van der Waals surface area (Å²) in [4.78, 5) is 44.5. The highest BCUT2D eigenvalue weighted by atomic mass is 35.5. The maximum atomic E-state index is 14.5. The van der Waals surface area contributed by atoms with Gasteiger partial charge in [-0.2, -0.15) is 0 Å². The molecule has 2 aromatic carbocycles. The molecule has 4 aromatic rings. The van der Waals surface area contributed by atoms with E-state index in [2.05, 4.69) is 0 Å². The first-order valence-corrected chi connectivity index (χ1v) is 15.4. The Hall–Kier alpha value is -3.59. The van der Waals surface area contributed by atoms with Crippen molar-refractivity contribution in [1.29, 1.82) is 0 Å². The molecule has 0 bridgehead atoms. The van der Waals surface area contributed by atoms with Crippen molar-refractivity contribution in [3.63, 3.8) is 0 Å². The summed E-state index contributed by atoms with van der Waals surface area (Å²) in [7, 11) is 0. The van der Waals surface area contributed by atoms with Gasteiger partial charge in [-0.05, 0) is 60.9 Å². The van der Waals surface area contributed by atoms with Crippen molar-refractivity contribution < 1.29 is 14.7 Å². The number of halogens is 1. The number of hydrogen-bond acceptors (Lipinski definition) is 6. The van der Waals surface area contributed by atoms with Crippen molar-refractivity contribution in [1.82, 2.24) is 9.55 Å². The number of pyridine rings is 1. The van der Waals surface area contributed by atoms with E-state index in [9.17, 15) is 19.5 Å². The molecule has 0 aliphatic rings. The molecule has 9 heteroatoms. The molecule has 7 nitrogen and oxygen atoms in total. The number of carbonyl (C=O) groups excluding carboxylic acids is 1. The maximum Gasteiger partial charge on any atom is 0.320 e. The van der Waals surface area contributed by atoms with E-state index in [1.54, 1.807) is 22.8 Å². The fourth-order valence-corrected chi connectivity index (χ4v) is 6.03. The topological polar surface area (TPSA) is 115 Å². The van der Waals surface area contributed by atoms with Crippen LogP contribution >= 0.6 is 22.9 Å². The quantitative estimate of drug-likeness (QED) is 0.168. The Balaban J connectivity index is 2.01. The summed E-state index contributed by atoms with van der Waals surface area (Å²) < 4.78 is 1.72. The van der Waals surface area contributed by atoms with Crippen molar-refractivity contribution in [2.75, 3.05) is 0 Å². The van der Waals surface area contributed by atoms with Gasteiger partial charge < -0.3 is 10.8 Å². The number of para-hydroxylation sites is 1. The Morgan fingerprint density at radius 1 is 1.07 bits per heavy atom. The molecule has 2 aromatic heterocycles. The smallest absolute Gasteiger partial charge is 0.320 e. The van der Waals surface area contributed by atoms with Crippen LogP contribution in [-0.2, 0) is 24.1 Å². The SMILES string of the molecule is CCc1cccc(CC)c1-n1c(CC(C)C)c(C(=O)CC[C@H](N)C(=O)O)cc(-c2nc(-c3ccc(Cl)cc3)cs2)c1=O. The van der Waals surface area contributed by atoms with E-state index >= 15 is 0 Å². The van der Waals surface area contributed by atoms with Crippen LogP contribution in [0.25, 0.3) is 27.5 Å². The maximum absolute atomic E-state index is 14.5. The van der Waals surface area contributed by atoms with Crippen molar-refractivity contribution in [3.05, 3.63) is 91.7 Å². The Labute approximate surface area is 255 Å². The zero-order valence-electron chi connectivity index (χ0n) is 24.3. The van der Waals surface area contributed by atoms with Crippen LogP contribution in [0.4, 0.5) is 0 Å². The number of aromatic nitrogens is 2. The van der Waals surface area contributed by atoms with E-state index in [-0.39, 0.29) is 30.1 Å². The fourth-order valence-electron chi connectivity index (χ4n) is 5.07. The number of aryl methyl sites for hydroxylation is 2. The molecule has 2 heterocycles. The van der Waals surface area contributed by atoms with Gasteiger partial charge in [0.1, 0.15) is 11.0 Å². The number of carboxylic acid groups (broad SMARTS) is 1. The van der Waals surface area contributed by atoms with Crippen LogP contribution in [-0.4, -0.2) is 32.5 Å². The van der Waals surface area contributed by atoms with Crippen LogP contribution < -0.4 is 11.3 Å². The van der Waals surface area contributed by atoms with Gasteiger partial charge in [-0.1, -0.05) is 69.6 Å². The third-order valence-electron chi connectivity index (χ3n) is 7.27. The summed E-state index contributed by atoms with van der Waals surface area (Å²) in [6, 6.07) is 13.8. The molecule has 42 heavy (non-hydrogen) atoms. The lowest BCUT2D eigenvalue weighted by Gasteiger charge is -2.23. The van der Waals surface area contributed by atoms with Gasteiger partial charge in [-0.3, -0.25) is 19.0 Å². The minimum absolute atomic E-state index is 0.00648.